The Morgan fingerprint density at radius 3 is 2.68 bits per heavy atom. The van der Waals surface area contributed by atoms with Crippen molar-refractivity contribution in [2.24, 2.45) is 5.92 Å². The smallest absolute Gasteiger partial charge is 0.302 e. The molecule has 1 aliphatic carbocycles. The van der Waals surface area contributed by atoms with Gasteiger partial charge in [0.2, 0.25) is 0 Å². The van der Waals surface area contributed by atoms with E-state index in [-0.39, 0.29) is 41.1 Å². The monoisotopic (exact) mass is 462 g/mol. The third kappa shape index (κ3) is 4.73. The highest BCUT2D eigenvalue weighted by molar-refractivity contribution is 5.94. The average Bonchev–Trinajstić information content (AvgIpc) is 2.83. The molecule has 1 aliphatic heterocycles. The Labute approximate surface area is 201 Å². The van der Waals surface area contributed by atoms with Crippen LogP contribution in [0.4, 0.5) is 0 Å². The summed E-state index contributed by atoms with van der Waals surface area (Å²) in [4.78, 5) is 29.6. The lowest BCUT2D eigenvalue weighted by atomic mass is 9.56. The summed E-state index contributed by atoms with van der Waals surface area (Å²) in [5.41, 5.74) is 1.35. The molecular weight excluding hydrogens is 428 g/mol. The largest absolute Gasteiger partial charge is 0.508 e. The first-order valence-electron chi connectivity index (χ1n) is 12.0. The Bertz CT molecular complexity index is 1040. The lowest BCUT2D eigenvalue weighted by Crippen LogP contribution is -2.61. The number of hydrogen-bond acceptors (Lipinski definition) is 5. The Morgan fingerprint density at radius 1 is 1.24 bits per heavy atom. The van der Waals surface area contributed by atoms with Gasteiger partial charge in [-0.3, -0.25) is 14.5 Å². The van der Waals surface area contributed by atoms with Crippen LogP contribution in [0.2, 0.25) is 0 Å². The summed E-state index contributed by atoms with van der Waals surface area (Å²) in [7, 11) is 1.84. The van der Waals surface area contributed by atoms with Gasteiger partial charge in [0.15, 0.2) is 0 Å². The second-order valence-corrected chi connectivity index (χ2v) is 9.63. The number of fused-ring (bicyclic) bond motifs is 1. The molecule has 4 atom stereocenters. The number of amides is 1. The molecule has 0 spiro atoms. The van der Waals surface area contributed by atoms with Crippen LogP contribution in [0.15, 0.2) is 67.3 Å². The quantitative estimate of drug-likeness (QED) is 0.519. The number of benzene rings is 2. The fourth-order valence-corrected chi connectivity index (χ4v) is 5.98. The van der Waals surface area contributed by atoms with Crippen LogP contribution in [0.25, 0.3) is 0 Å². The van der Waals surface area contributed by atoms with Gasteiger partial charge < -0.3 is 14.7 Å². The predicted molar refractivity (Wildman–Crippen MR) is 132 cm³/mol. The fraction of sp³-hybridized carbons (Fsp3) is 0.429. The summed E-state index contributed by atoms with van der Waals surface area (Å²) in [5, 5.41) is 10.3. The molecule has 1 saturated heterocycles. The molecule has 2 aromatic carbocycles. The summed E-state index contributed by atoms with van der Waals surface area (Å²) in [6.07, 6.45) is 3.74. The van der Waals surface area contributed by atoms with Crippen LogP contribution in [0.5, 0.6) is 5.75 Å². The van der Waals surface area contributed by atoms with Crippen molar-refractivity contribution in [3.05, 3.63) is 78.4 Å². The number of aromatic hydroxyl groups is 1. The van der Waals surface area contributed by atoms with Crippen molar-refractivity contribution in [2.45, 2.75) is 43.7 Å². The minimum atomic E-state index is -0.336. The maximum atomic E-state index is 13.3. The van der Waals surface area contributed by atoms with Gasteiger partial charge >= 0.3 is 5.97 Å². The van der Waals surface area contributed by atoms with Crippen molar-refractivity contribution in [1.82, 2.24) is 9.80 Å². The van der Waals surface area contributed by atoms with Gasteiger partial charge in [-0.05, 0) is 49.2 Å². The second-order valence-electron chi connectivity index (χ2n) is 9.63. The maximum absolute atomic E-state index is 13.3. The zero-order valence-electron chi connectivity index (χ0n) is 20.0. The van der Waals surface area contributed by atoms with Crippen molar-refractivity contribution in [3.63, 3.8) is 0 Å². The van der Waals surface area contributed by atoms with Gasteiger partial charge in [0.05, 0.1) is 0 Å². The molecule has 180 valence electrons. The molecule has 1 amide bonds. The standard InChI is InChI=1S/C28H34N2O4/c1-4-14-30-15-13-28(22-11-8-12-24(32)16-22)18-23(17-26(25(28)19-30)34-20(2)31)29(3)27(33)21-9-6-5-7-10-21/h4-12,16,23,25-26,32H,1,13-15,17-19H2,2-3H3. The molecule has 0 aromatic heterocycles. The molecule has 2 aromatic rings. The van der Waals surface area contributed by atoms with Gasteiger partial charge in [0, 0.05) is 56.4 Å². The fourth-order valence-electron chi connectivity index (χ4n) is 5.98. The van der Waals surface area contributed by atoms with Crippen molar-refractivity contribution >= 4 is 11.9 Å². The van der Waals surface area contributed by atoms with Crippen LogP contribution in [0.3, 0.4) is 0 Å². The first-order chi connectivity index (χ1) is 16.3. The summed E-state index contributed by atoms with van der Waals surface area (Å²) in [5.74, 6) is -0.0866. The number of ether oxygens (including phenoxy) is 1. The molecule has 0 radical (unpaired) electrons. The van der Waals surface area contributed by atoms with E-state index in [4.69, 9.17) is 4.74 Å². The normalized spacial score (nSPS) is 26.8. The van der Waals surface area contributed by atoms with E-state index in [1.807, 2.05) is 60.5 Å². The number of nitrogens with zero attached hydrogens (tertiary/aromatic N) is 2. The van der Waals surface area contributed by atoms with Crippen molar-refractivity contribution in [3.8, 4) is 5.75 Å². The Kier molecular flexibility index (Phi) is 7.08. The highest BCUT2D eigenvalue weighted by atomic mass is 16.5. The number of phenols is 1. The molecule has 2 fully saturated rings. The van der Waals surface area contributed by atoms with Gasteiger partial charge in [-0.1, -0.05) is 36.4 Å². The summed E-state index contributed by atoms with van der Waals surface area (Å²) < 4.78 is 5.94. The predicted octanol–water partition coefficient (Wildman–Crippen LogP) is 4.00. The van der Waals surface area contributed by atoms with Crippen LogP contribution in [-0.4, -0.2) is 65.6 Å². The van der Waals surface area contributed by atoms with E-state index < -0.39 is 0 Å². The highest BCUT2D eigenvalue weighted by Crippen LogP contribution is 2.51. The Balaban J connectivity index is 1.74. The first kappa shape index (κ1) is 24.0. The number of carbonyl (C=O) groups excluding carboxylic acids is 2. The molecule has 1 saturated carbocycles. The van der Waals surface area contributed by atoms with Gasteiger partial charge in [0.25, 0.3) is 5.91 Å². The SMILES string of the molecule is C=CCN1CCC2(c3cccc(O)c3)CC(N(C)C(=O)c3ccccc3)CC(OC(C)=O)C2C1. The van der Waals surface area contributed by atoms with Crippen LogP contribution in [0, 0.1) is 5.92 Å². The number of likely N-dealkylation sites (tertiary alicyclic amines) is 1. The van der Waals surface area contributed by atoms with Crippen LogP contribution >= 0.6 is 0 Å². The molecular formula is C28H34N2O4. The van der Waals surface area contributed by atoms with Gasteiger partial charge in [0.1, 0.15) is 11.9 Å². The van der Waals surface area contributed by atoms with Gasteiger partial charge in [-0.15, -0.1) is 6.58 Å². The minimum Gasteiger partial charge on any atom is -0.508 e. The van der Waals surface area contributed by atoms with Gasteiger partial charge in [-0.2, -0.15) is 0 Å². The Hall–Kier alpha value is -3.12. The first-order valence-corrected chi connectivity index (χ1v) is 12.0. The average molecular weight is 463 g/mol. The summed E-state index contributed by atoms with van der Waals surface area (Å²) in [6, 6.07) is 16.6. The van der Waals surface area contributed by atoms with Crippen LogP contribution in [-0.2, 0) is 14.9 Å². The topological polar surface area (TPSA) is 70.1 Å². The number of phenolic OH excluding ortho intramolecular Hbond substituents is 1. The summed E-state index contributed by atoms with van der Waals surface area (Å²) in [6.45, 7) is 7.75. The zero-order chi connectivity index (χ0) is 24.3. The van der Waals surface area contributed by atoms with E-state index in [1.54, 1.807) is 6.07 Å². The molecule has 1 N–H and O–H groups in total. The number of piperidine rings is 1. The molecule has 1 heterocycles. The lowest BCUT2D eigenvalue weighted by Gasteiger charge is -2.56. The molecule has 6 heteroatoms. The highest BCUT2D eigenvalue weighted by Gasteiger charge is 2.54. The van der Waals surface area contributed by atoms with E-state index >= 15 is 0 Å². The van der Waals surface area contributed by atoms with Crippen molar-refractivity contribution < 1.29 is 19.4 Å². The molecule has 2 aliphatic rings. The van der Waals surface area contributed by atoms with E-state index in [0.717, 1.165) is 38.0 Å². The minimum absolute atomic E-state index is 0.0409. The van der Waals surface area contributed by atoms with Crippen molar-refractivity contribution in [2.75, 3.05) is 26.7 Å². The van der Waals surface area contributed by atoms with Crippen LogP contribution in [0.1, 0.15) is 42.1 Å². The van der Waals surface area contributed by atoms with Crippen molar-refractivity contribution in [1.29, 1.82) is 0 Å². The summed E-state index contributed by atoms with van der Waals surface area (Å²) >= 11 is 0. The molecule has 6 nitrogen and oxygen atoms in total. The number of hydrogen-bond donors (Lipinski definition) is 1. The lowest BCUT2D eigenvalue weighted by molar-refractivity contribution is -0.158. The second kappa shape index (κ2) is 10.0. The third-order valence-electron chi connectivity index (χ3n) is 7.61. The van der Waals surface area contributed by atoms with Gasteiger partial charge in [-0.25, -0.2) is 0 Å². The third-order valence-corrected chi connectivity index (χ3v) is 7.61. The number of rotatable bonds is 6. The zero-order valence-corrected chi connectivity index (χ0v) is 20.0. The van der Waals surface area contributed by atoms with E-state index in [9.17, 15) is 14.7 Å². The maximum Gasteiger partial charge on any atom is 0.302 e. The molecule has 4 unspecified atom stereocenters. The van der Waals surface area contributed by atoms with E-state index in [1.165, 1.54) is 6.92 Å². The molecule has 34 heavy (non-hydrogen) atoms. The molecule has 4 rings (SSSR count). The Morgan fingerprint density at radius 2 is 2.00 bits per heavy atom. The van der Waals surface area contributed by atoms with E-state index in [2.05, 4.69) is 17.5 Å². The number of esters is 1. The van der Waals surface area contributed by atoms with E-state index in [0.29, 0.717) is 12.0 Å². The number of carbonyl (C=O) groups is 2. The molecule has 0 bridgehead atoms. The van der Waals surface area contributed by atoms with Crippen LogP contribution < -0.4 is 0 Å².